The Hall–Kier alpha value is -2.74. The summed E-state index contributed by atoms with van der Waals surface area (Å²) in [7, 11) is 3.22. The second kappa shape index (κ2) is 8.30. The number of rotatable bonds is 5. The summed E-state index contributed by atoms with van der Waals surface area (Å²) in [4.78, 5) is 25.4. The van der Waals surface area contributed by atoms with Crippen molar-refractivity contribution in [1.82, 2.24) is 4.90 Å². The maximum absolute atomic E-state index is 12.9. The zero-order valence-corrected chi connectivity index (χ0v) is 15.3. The summed E-state index contributed by atoms with van der Waals surface area (Å²) in [5.41, 5.74) is -0.0669. The van der Waals surface area contributed by atoms with Gasteiger partial charge >= 0.3 is 6.18 Å². The van der Waals surface area contributed by atoms with Crippen LogP contribution in [0.15, 0.2) is 42.5 Å². The molecule has 5 nitrogen and oxygen atoms in total. The highest BCUT2D eigenvalue weighted by Gasteiger charge is 2.33. The van der Waals surface area contributed by atoms with Crippen LogP contribution in [0.3, 0.4) is 0 Å². The Labute approximate surface area is 159 Å². The first kappa shape index (κ1) is 20.6. The second-order valence-corrected chi connectivity index (χ2v) is 6.28. The molecule has 0 radical (unpaired) electrons. The Morgan fingerprint density at radius 1 is 1.07 bits per heavy atom. The van der Waals surface area contributed by atoms with Gasteiger partial charge in [-0.05, 0) is 36.4 Å². The van der Waals surface area contributed by atoms with E-state index in [1.54, 1.807) is 32.3 Å². The minimum atomic E-state index is -4.59. The van der Waals surface area contributed by atoms with Crippen molar-refractivity contribution in [2.45, 2.75) is 6.18 Å². The number of nitrogens with one attached hydrogen (secondary N) is 2. The smallest absolute Gasteiger partial charge is 0.376 e. The molecule has 0 atom stereocenters. The van der Waals surface area contributed by atoms with Gasteiger partial charge < -0.3 is 15.5 Å². The standard InChI is InChI=1S/C18H17ClF3N3O2/c1-25(2)17(27)11-4-3-5-13(8-11)24-16(26)10-23-12-6-7-15(19)14(9-12)18(20,21)22/h3-9,23H,10H2,1-2H3,(H,24,26). The lowest BCUT2D eigenvalue weighted by atomic mass is 10.2. The normalized spacial score (nSPS) is 11.0. The third-order valence-electron chi connectivity index (χ3n) is 3.52. The topological polar surface area (TPSA) is 61.4 Å². The molecule has 2 N–H and O–H groups in total. The lowest BCUT2D eigenvalue weighted by Gasteiger charge is -2.13. The van der Waals surface area contributed by atoms with E-state index >= 15 is 0 Å². The van der Waals surface area contributed by atoms with E-state index in [1.165, 1.54) is 17.0 Å². The van der Waals surface area contributed by atoms with Gasteiger partial charge in [0.15, 0.2) is 0 Å². The third kappa shape index (κ3) is 5.62. The Morgan fingerprint density at radius 2 is 1.78 bits per heavy atom. The van der Waals surface area contributed by atoms with Crippen molar-refractivity contribution in [2.24, 2.45) is 0 Å². The molecular weight excluding hydrogens is 383 g/mol. The summed E-state index contributed by atoms with van der Waals surface area (Å²) in [6.45, 7) is -0.259. The molecule has 0 aliphatic carbocycles. The fourth-order valence-corrected chi connectivity index (χ4v) is 2.45. The molecule has 2 rings (SSSR count). The first-order valence-corrected chi connectivity index (χ1v) is 8.18. The van der Waals surface area contributed by atoms with E-state index in [2.05, 4.69) is 10.6 Å². The van der Waals surface area contributed by atoms with E-state index in [9.17, 15) is 22.8 Å². The third-order valence-corrected chi connectivity index (χ3v) is 3.85. The zero-order chi connectivity index (χ0) is 20.2. The van der Waals surface area contributed by atoms with Crippen molar-refractivity contribution in [3.63, 3.8) is 0 Å². The number of carbonyl (C=O) groups is 2. The minimum Gasteiger partial charge on any atom is -0.376 e. The van der Waals surface area contributed by atoms with Gasteiger partial charge in [0.1, 0.15) is 0 Å². The SMILES string of the molecule is CN(C)C(=O)c1cccc(NC(=O)CNc2ccc(Cl)c(C(F)(F)F)c2)c1. The van der Waals surface area contributed by atoms with Gasteiger partial charge in [-0.2, -0.15) is 13.2 Å². The van der Waals surface area contributed by atoms with Crippen LogP contribution >= 0.6 is 11.6 Å². The van der Waals surface area contributed by atoms with Crippen molar-refractivity contribution in [3.8, 4) is 0 Å². The van der Waals surface area contributed by atoms with Crippen molar-refractivity contribution < 1.29 is 22.8 Å². The predicted molar refractivity (Wildman–Crippen MR) is 98.0 cm³/mol. The van der Waals surface area contributed by atoms with Crippen LogP contribution in [-0.2, 0) is 11.0 Å². The first-order valence-electron chi connectivity index (χ1n) is 7.80. The summed E-state index contributed by atoms with van der Waals surface area (Å²) in [5, 5.41) is 4.78. The number of anilines is 2. The molecule has 0 spiro atoms. The molecule has 0 heterocycles. The van der Waals surface area contributed by atoms with Gasteiger partial charge in [0, 0.05) is 31.0 Å². The fourth-order valence-electron chi connectivity index (χ4n) is 2.23. The van der Waals surface area contributed by atoms with E-state index in [-0.39, 0.29) is 18.1 Å². The molecule has 0 unspecified atom stereocenters. The van der Waals surface area contributed by atoms with Crippen LogP contribution in [0.1, 0.15) is 15.9 Å². The Bertz CT molecular complexity index is 854. The fraction of sp³-hybridized carbons (Fsp3) is 0.222. The Balaban J connectivity index is 2.01. The molecule has 0 bridgehead atoms. The summed E-state index contributed by atoms with van der Waals surface area (Å²) in [6.07, 6.45) is -4.59. The van der Waals surface area contributed by atoms with Gasteiger partial charge in [0.2, 0.25) is 5.91 Å². The first-order chi connectivity index (χ1) is 12.6. The molecule has 0 aromatic heterocycles. The van der Waals surface area contributed by atoms with Gasteiger partial charge in [0.25, 0.3) is 5.91 Å². The van der Waals surface area contributed by atoms with Gasteiger partial charge in [-0.15, -0.1) is 0 Å². The van der Waals surface area contributed by atoms with Crippen molar-refractivity contribution in [1.29, 1.82) is 0 Å². The molecule has 9 heteroatoms. The van der Waals surface area contributed by atoms with Crippen LogP contribution in [0.25, 0.3) is 0 Å². The quantitative estimate of drug-likeness (QED) is 0.795. The van der Waals surface area contributed by atoms with Crippen LogP contribution in [-0.4, -0.2) is 37.4 Å². The molecule has 0 aliphatic rings. The summed E-state index contributed by atoms with van der Waals surface area (Å²) >= 11 is 5.56. The van der Waals surface area contributed by atoms with E-state index in [4.69, 9.17) is 11.6 Å². The van der Waals surface area contributed by atoms with Gasteiger partial charge in [-0.25, -0.2) is 0 Å². The molecule has 2 aromatic rings. The predicted octanol–water partition coefficient (Wildman–Crippen LogP) is 4.11. The van der Waals surface area contributed by atoms with E-state index in [0.29, 0.717) is 11.3 Å². The molecule has 27 heavy (non-hydrogen) atoms. The van der Waals surface area contributed by atoms with Crippen LogP contribution in [0.2, 0.25) is 5.02 Å². The van der Waals surface area contributed by atoms with E-state index in [0.717, 1.165) is 12.1 Å². The molecular formula is C18H17ClF3N3O2. The molecule has 0 saturated carbocycles. The molecule has 0 saturated heterocycles. The summed E-state index contributed by atoms with van der Waals surface area (Å²) < 4.78 is 38.6. The van der Waals surface area contributed by atoms with Crippen LogP contribution in [0, 0.1) is 0 Å². The largest absolute Gasteiger partial charge is 0.417 e. The molecule has 2 amide bonds. The minimum absolute atomic E-state index is 0.110. The van der Waals surface area contributed by atoms with Crippen molar-refractivity contribution in [3.05, 3.63) is 58.6 Å². The van der Waals surface area contributed by atoms with Crippen molar-refractivity contribution >= 4 is 34.8 Å². The highest BCUT2D eigenvalue weighted by atomic mass is 35.5. The van der Waals surface area contributed by atoms with Crippen LogP contribution in [0.5, 0.6) is 0 Å². The second-order valence-electron chi connectivity index (χ2n) is 5.87. The molecule has 144 valence electrons. The number of alkyl halides is 3. The van der Waals surface area contributed by atoms with E-state index < -0.39 is 22.7 Å². The number of benzene rings is 2. The number of halogens is 4. The van der Waals surface area contributed by atoms with Gasteiger partial charge in [0.05, 0.1) is 17.1 Å². The monoisotopic (exact) mass is 399 g/mol. The number of carbonyl (C=O) groups excluding carboxylic acids is 2. The number of amides is 2. The van der Waals surface area contributed by atoms with Gasteiger partial charge in [-0.3, -0.25) is 9.59 Å². The highest BCUT2D eigenvalue weighted by Crippen LogP contribution is 2.36. The summed E-state index contributed by atoms with van der Waals surface area (Å²) in [6, 6.07) is 9.66. The van der Waals surface area contributed by atoms with E-state index in [1.807, 2.05) is 0 Å². The molecule has 0 aliphatic heterocycles. The molecule has 2 aromatic carbocycles. The molecule has 0 fully saturated rings. The Kier molecular flexibility index (Phi) is 6.32. The van der Waals surface area contributed by atoms with Crippen LogP contribution in [0.4, 0.5) is 24.5 Å². The summed E-state index contributed by atoms with van der Waals surface area (Å²) in [5.74, 6) is -0.696. The average Bonchev–Trinajstić information content (AvgIpc) is 2.59. The lowest BCUT2D eigenvalue weighted by Crippen LogP contribution is -2.23. The maximum Gasteiger partial charge on any atom is 0.417 e. The van der Waals surface area contributed by atoms with Crippen LogP contribution < -0.4 is 10.6 Å². The Morgan fingerprint density at radius 3 is 2.41 bits per heavy atom. The van der Waals surface area contributed by atoms with Gasteiger partial charge in [-0.1, -0.05) is 17.7 Å². The number of hydrogen-bond acceptors (Lipinski definition) is 3. The zero-order valence-electron chi connectivity index (χ0n) is 14.5. The average molecular weight is 400 g/mol. The maximum atomic E-state index is 12.9. The number of hydrogen-bond donors (Lipinski definition) is 2. The highest BCUT2D eigenvalue weighted by molar-refractivity contribution is 6.31. The van der Waals surface area contributed by atoms with Crippen molar-refractivity contribution in [2.75, 3.05) is 31.3 Å². The number of nitrogens with zero attached hydrogens (tertiary/aromatic N) is 1. The lowest BCUT2D eigenvalue weighted by molar-refractivity contribution is -0.137.